The molecular formula is C12H12ClN5O3. The molecule has 0 aliphatic heterocycles. The molecule has 0 fully saturated rings. The second-order valence-corrected chi connectivity index (χ2v) is 4.71. The first-order chi connectivity index (χ1) is 9.95. The van der Waals surface area contributed by atoms with Crippen molar-refractivity contribution < 1.29 is 14.7 Å². The van der Waals surface area contributed by atoms with Gasteiger partial charge in [0.2, 0.25) is 11.7 Å². The van der Waals surface area contributed by atoms with Crippen LogP contribution in [0.5, 0.6) is 0 Å². The highest BCUT2D eigenvalue weighted by Gasteiger charge is 2.15. The van der Waals surface area contributed by atoms with Gasteiger partial charge in [-0.15, -0.1) is 10.2 Å². The Labute approximate surface area is 124 Å². The first-order valence-electron chi connectivity index (χ1n) is 6.01. The lowest BCUT2D eigenvalue weighted by Crippen LogP contribution is -2.40. The molecule has 1 amide bonds. The summed E-state index contributed by atoms with van der Waals surface area (Å²) in [5.74, 6) is -1.27. The van der Waals surface area contributed by atoms with E-state index >= 15 is 0 Å². The van der Waals surface area contributed by atoms with E-state index in [0.29, 0.717) is 16.4 Å². The molecular weight excluding hydrogens is 298 g/mol. The molecule has 1 atom stereocenters. The topological polar surface area (TPSA) is 110 Å². The van der Waals surface area contributed by atoms with Gasteiger partial charge in [-0.1, -0.05) is 11.6 Å². The summed E-state index contributed by atoms with van der Waals surface area (Å²) < 4.78 is 0. The SMILES string of the molecule is C[C@@H](NC(=O)Cn1nnc(-c2ccc(Cl)cc2)n1)C(=O)O. The fourth-order valence-corrected chi connectivity index (χ4v) is 1.63. The van der Waals surface area contributed by atoms with E-state index in [0.717, 1.165) is 4.80 Å². The smallest absolute Gasteiger partial charge is 0.325 e. The number of carbonyl (C=O) groups is 2. The third kappa shape index (κ3) is 3.99. The summed E-state index contributed by atoms with van der Waals surface area (Å²) in [6.45, 7) is 1.16. The van der Waals surface area contributed by atoms with Crippen LogP contribution in [-0.2, 0) is 16.1 Å². The highest BCUT2D eigenvalue weighted by molar-refractivity contribution is 6.30. The fraction of sp³-hybridized carbons (Fsp3) is 0.250. The number of nitrogens with zero attached hydrogens (tertiary/aromatic N) is 4. The van der Waals surface area contributed by atoms with Crippen molar-refractivity contribution in [2.24, 2.45) is 0 Å². The number of amides is 1. The number of hydrogen-bond acceptors (Lipinski definition) is 5. The summed E-state index contributed by atoms with van der Waals surface area (Å²) in [5.41, 5.74) is 0.713. The first kappa shape index (κ1) is 14.9. The molecule has 0 unspecified atom stereocenters. The Hall–Kier alpha value is -2.48. The van der Waals surface area contributed by atoms with Crippen LogP contribution in [0, 0.1) is 0 Å². The Morgan fingerprint density at radius 3 is 2.67 bits per heavy atom. The quantitative estimate of drug-likeness (QED) is 0.836. The van der Waals surface area contributed by atoms with Crippen LogP contribution in [0.1, 0.15) is 6.92 Å². The van der Waals surface area contributed by atoms with Crippen molar-refractivity contribution in [1.82, 2.24) is 25.5 Å². The maximum absolute atomic E-state index is 11.6. The van der Waals surface area contributed by atoms with Crippen LogP contribution >= 0.6 is 11.6 Å². The van der Waals surface area contributed by atoms with E-state index in [1.54, 1.807) is 24.3 Å². The third-order valence-electron chi connectivity index (χ3n) is 2.59. The number of hydrogen-bond donors (Lipinski definition) is 2. The molecule has 1 aromatic heterocycles. The predicted octanol–water partition coefficient (Wildman–Crippen LogP) is 0.583. The summed E-state index contributed by atoms with van der Waals surface area (Å²) in [7, 11) is 0. The number of carboxylic acid groups (broad SMARTS) is 1. The Bertz CT molecular complexity index is 655. The molecule has 0 aliphatic carbocycles. The van der Waals surface area contributed by atoms with Gasteiger partial charge in [0.1, 0.15) is 12.6 Å². The highest BCUT2D eigenvalue weighted by Crippen LogP contribution is 2.16. The van der Waals surface area contributed by atoms with Crippen LogP contribution in [0.2, 0.25) is 5.02 Å². The van der Waals surface area contributed by atoms with E-state index in [2.05, 4.69) is 20.7 Å². The molecule has 110 valence electrons. The molecule has 0 bridgehead atoms. The molecule has 0 saturated heterocycles. The summed E-state index contributed by atoms with van der Waals surface area (Å²) in [4.78, 5) is 23.3. The van der Waals surface area contributed by atoms with E-state index in [1.807, 2.05) is 0 Å². The Balaban J connectivity index is 2.01. The van der Waals surface area contributed by atoms with E-state index in [-0.39, 0.29) is 6.54 Å². The van der Waals surface area contributed by atoms with Gasteiger partial charge in [0.05, 0.1) is 0 Å². The summed E-state index contributed by atoms with van der Waals surface area (Å²) in [5, 5.41) is 23.2. The van der Waals surface area contributed by atoms with Crippen molar-refractivity contribution in [3.8, 4) is 11.4 Å². The lowest BCUT2D eigenvalue weighted by Gasteiger charge is -2.07. The van der Waals surface area contributed by atoms with Crippen LogP contribution in [-0.4, -0.2) is 43.2 Å². The van der Waals surface area contributed by atoms with Gasteiger partial charge < -0.3 is 10.4 Å². The van der Waals surface area contributed by atoms with Crippen LogP contribution in [0.25, 0.3) is 11.4 Å². The van der Waals surface area contributed by atoms with Crippen LogP contribution in [0.3, 0.4) is 0 Å². The molecule has 2 N–H and O–H groups in total. The van der Waals surface area contributed by atoms with Crippen molar-refractivity contribution in [2.75, 3.05) is 0 Å². The first-order valence-corrected chi connectivity index (χ1v) is 6.39. The zero-order chi connectivity index (χ0) is 15.4. The molecule has 21 heavy (non-hydrogen) atoms. The van der Waals surface area contributed by atoms with Gasteiger partial charge in [0.25, 0.3) is 0 Å². The Morgan fingerprint density at radius 1 is 1.38 bits per heavy atom. The minimum atomic E-state index is -1.11. The standard InChI is InChI=1S/C12H12ClN5O3/c1-7(12(20)21)14-10(19)6-18-16-11(15-17-18)8-2-4-9(13)5-3-8/h2-5,7H,6H2,1H3,(H,14,19)(H,20,21)/t7-/m1/s1. The van der Waals surface area contributed by atoms with Crippen LogP contribution < -0.4 is 5.32 Å². The maximum atomic E-state index is 11.6. The highest BCUT2D eigenvalue weighted by atomic mass is 35.5. The monoisotopic (exact) mass is 309 g/mol. The lowest BCUT2D eigenvalue weighted by molar-refractivity contribution is -0.141. The molecule has 1 aromatic carbocycles. The second-order valence-electron chi connectivity index (χ2n) is 4.28. The molecule has 0 radical (unpaired) electrons. The number of carboxylic acids is 1. The number of halogens is 1. The van der Waals surface area contributed by atoms with Crippen LogP contribution in [0.15, 0.2) is 24.3 Å². The molecule has 0 aliphatic rings. The van der Waals surface area contributed by atoms with E-state index < -0.39 is 17.9 Å². The zero-order valence-corrected chi connectivity index (χ0v) is 11.8. The minimum Gasteiger partial charge on any atom is -0.480 e. The maximum Gasteiger partial charge on any atom is 0.325 e. The normalized spacial score (nSPS) is 11.9. The van der Waals surface area contributed by atoms with Crippen molar-refractivity contribution in [2.45, 2.75) is 19.5 Å². The average molecular weight is 310 g/mol. The molecule has 2 aromatic rings. The zero-order valence-electron chi connectivity index (χ0n) is 11.0. The van der Waals surface area contributed by atoms with Crippen molar-refractivity contribution in [1.29, 1.82) is 0 Å². The van der Waals surface area contributed by atoms with Gasteiger partial charge in [-0.2, -0.15) is 4.80 Å². The van der Waals surface area contributed by atoms with Gasteiger partial charge in [0.15, 0.2) is 0 Å². The van der Waals surface area contributed by atoms with Crippen molar-refractivity contribution in [3.05, 3.63) is 29.3 Å². The summed E-state index contributed by atoms with van der Waals surface area (Å²) in [6, 6.07) is 5.88. The number of aromatic nitrogens is 4. The van der Waals surface area contributed by atoms with E-state index in [9.17, 15) is 9.59 Å². The van der Waals surface area contributed by atoms with Gasteiger partial charge in [-0.25, -0.2) is 0 Å². The molecule has 1 heterocycles. The Kier molecular flexibility index (Phi) is 4.49. The van der Waals surface area contributed by atoms with Gasteiger partial charge in [0, 0.05) is 10.6 Å². The molecule has 0 saturated carbocycles. The predicted molar refractivity (Wildman–Crippen MR) is 73.5 cm³/mol. The summed E-state index contributed by atoms with van der Waals surface area (Å²) >= 11 is 5.78. The number of nitrogens with one attached hydrogen (secondary N) is 1. The van der Waals surface area contributed by atoms with Gasteiger partial charge in [-0.05, 0) is 36.4 Å². The second kappa shape index (κ2) is 6.31. The molecule has 2 rings (SSSR count). The van der Waals surface area contributed by atoms with E-state index in [1.165, 1.54) is 6.92 Å². The minimum absolute atomic E-state index is 0.210. The largest absolute Gasteiger partial charge is 0.480 e. The number of aliphatic carboxylic acids is 1. The molecule has 9 heteroatoms. The molecule has 0 spiro atoms. The lowest BCUT2D eigenvalue weighted by atomic mass is 10.2. The van der Waals surface area contributed by atoms with E-state index in [4.69, 9.17) is 16.7 Å². The van der Waals surface area contributed by atoms with Gasteiger partial charge >= 0.3 is 5.97 Å². The van der Waals surface area contributed by atoms with Crippen molar-refractivity contribution >= 4 is 23.5 Å². The average Bonchev–Trinajstić information content (AvgIpc) is 2.87. The fourth-order valence-electron chi connectivity index (χ4n) is 1.50. The Morgan fingerprint density at radius 2 is 2.05 bits per heavy atom. The molecule has 8 nitrogen and oxygen atoms in total. The van der Waals surface area contributed by atoms with Crippen LogP contribution in [0.4, 0.5) is 0 Å². The number of tetrazole rings is 1. The summed E-state index contributed by atoms with van der Waals surface area (Å²) in [6.07, 6.45) is 0. The third-order valence-corrected chi connectivity index (χ3v) is 2.84. The van der Waals surface area contributed by atoms with Crippen molar-refractivity contribution in [3.63, 3.8) is 0 Å². The number of rotatable bonds is 5. The number of carbonyl (C=O) groups excluding carboxylic acids is 1. The number of benzene rings is 1. The van der Waals surface area contributed by atoms with Gasteiger partial charge in [-0.3, -0.25) is 9.59 Å².